The Bertz CT molecular complexity index is 749. The molecule has 0 unspecified atom stereocenters. The van der Waals surface area contributed by atoms with E-state index in [1.807, 2.05) is 49.3 Å². The van der Waals surface area contributed by atoms with E-state index in [0.717, 1.165) is 18.5 Å². The van der Waals surface area contributed by atoms with Crippen molar-refractivity contribution in [2.24, 2.45) is 5.92 Å². The topological polar surface area (TPSA) is 83.7 Å². The molecule has 0 bridgehead atoms. The van der Waals surface area contributed by atoms with E-state index >= 15 is 0 Å². The third kappa shape index (κ3) is 5.08. The molecule has 152 valence electrons. The fourth-order valence-electron chi connectivity index (χ4n) is 3.58. The summed E-state index contributed by atoms with van der Waals surface area (Å²) in [6, 6.07) is 9.68. The maximum Gasteiger partial charge on any atom is 0.317 e. The highest BCUT2D eigenvalue weighted by molar-refractivity contribution is 5.74. The molecular formula is C20H29N5O3. The Morgan fingerprint density at radius 3 is 2.79 bits per heavy atom. The van der Waals surface area contributed by atoms with E-state index in [4.69, 9.17) is 9.15 Å². The van der Waals surface area contributed by atoms with Crippen molar-refractivity contribution < 1.29 is 13.9 Å². The number of rotatable bonds is 8. The first-order valence-electron chi connectivity index (χ1n) is 9.63. The fraction of sp³-hybridized carbons (Fsp3) is 0.550. The second kappa shape index (κ2) is 9.66. The van der Waals surface area contributed by atoms with E-state index in [9.17, 15) is 4.79 Å². The molecule has 0 radical (unpaired) electrons. The molecule has 3 rings (SSSR count). The zero-order chi connectivity index (χ0) is 19.9. The Morgan fingerprint density at radius 1 is 1.29 bits per heavy atom. The van der Waals surface area contributed by atoms with E-state index < -0.39 is 0 Å². The molecule has 1 N–H and O–H groups in total. The number of urea groups is 1. The summed E-state index contributed by atoms with van der Waals surface area (Å²) >= 11 is 0. The number of amides is 2. The van der Waals surface area contributed by atoms with Gasteiger partial charge in [0.1, 0.15) is 0 Å². The first-order valence-corrected chi connectivity index (χ1v) is 9.63. The van der Waals surface area contributed by atoms with Crippen molar-refractivity contribution in [3.05, 3.63) is 36.2 Å². The molecule has 0 spiro atoms. The number of methoxy groups -OCH3 is 1. The lowest BCUT2D eigenvalue weighted by Crippen LogP contribution is -2.39. The SMILES string of the molecule is COCCCNC(=O)N1C[C@H](CN(C)C)[C@@H](c2nnc(-c3ccccc3)o2)C1. The van der Waals surface area contributed by atoms with Gasteiger partial charge in [0.05, 0.1) is 5.92 Å². The molecule has 1 aliphatic heterocycles. The van der Waals surface area contributed by atoms with Crippen molar-refractivity contribution in [3.8, 4) is 11.5 Å². The van der Waals surface area contributed by atoms with Gasteiger partial charge in [-0.2, -0.15) is 0 Å². The van der Waals surface area contributed by atoms with Crippen molar-refractivity contribution in [2.45, 2.75) is 12.3 Å². The van der Waals surface area contributed by atoms with E-state index in [1.165, 1.54) is 0 Å². The van der Waals surface area contributed by atoms with Crippen molar-refractivity contribution >= 4 is 6.03 Å². The van der Waals surface area contributed by atoms with Gasteiger partial charge >= 0.3 is 6.03 Å². The highest BCUT2D eigenvalue weighted by Gasteiger charge is 2.39. The van der Waals surface area contributed by atoms with Crippen molar-refractivity contribution in [1.82, 2.24) is 25.3 Å². The highest BCUT2D eigenvalue weighted by Crippen LogP contribution is 2.33. The van der Waals surface area contributed by atoms with Crippen LogP contribution in [0.2, 0.25) is 0 Å². The predicted octanol–water partition coefficient (Wildman–Crippen LogP) is 2.06. The molecule has 2 amide bonds. The van der Waals surface area contributed by atoms with Crippen LogP contribution in [0.1, 0.15) is 18.2 Å². The van der Waals surface area contributed by atoms with Crippen molar-refractivity contribution in [1.29, 1.82) is 0 Å². The summed E-state index contributed by atoms with van der Waals surface area (Å²) in [4.78, 5) is 16.5. The Labute approximate surface area is 165 Å². The molecule has 2 heterocycles. The van der Waals surface area contributed by atoms with Crippen LogP contribution < -0.4 is 5.32 Å². The highest BCUT2D eigenvalue weighted by atomic mass is 16.5. The summed E-state index contributed by atoms with van der Waals surface area (Å²) in [5.74, 6) is 1.38. The molecule has 1 aliphatic rings. The minimum Gasteiger partial charge on any atom is -0.420 e. The van der Waals surface area contributed by atoms with Crippen LogP contribution in [0.4, 0.5) is 4.79 Å². The number of hydrogen-bond donors (Lipinski definition) is 1. The van der Waals surface area contributed by atoms with Crippen LogP contribution in [0.3, 0.4) is 0 Å². The smallest absolute Gasteiger partial charge is 0.317 e. The molecule has 1 fully saturated rings. The Kier molecular flexibility index (Phi) is 7.00. The summed E-state index contributed by atoms with van der Waals surface area (Å²) < 4.78 is 11.0. The number of ether oxygens (including phenoxy) is 1. The Hall–Kier alpha value is -2.45. The summed E-state index contributed by atoms with van der Waals surface area (Å²) in [5, 5.41) is 11.5. The second-order valence-electron chi connectivity index (χ2n) is 7.42. The fourth-order valence-corrected chi connectivity index (χ4v) is 3.58. The van der Waals surface area contributed by atoms with E-state index in [0.29, 0.717) is 38.0 Å². The molecule has 8 nitrogen and oxygen atoms in total. The van der Waals surface area contributed by atoms with Gasteiger partial charge in [0.2, 0.25) is 11.8 Å². The number of hydrogen-bond acceptors (Lipinski definition) is 6. The maximum absolute atomic E-state index is 12.5. The van der Waals surface area contributed by atoms with Crippen LogP contribution in [0.5, 0.6) is 0 Å². The summed E-state index contributed by atoms with van der Waals surface area (Å²) in [7, 11) is 5.73. The van der Waals surface area contributed by atoms with Gasteiger partial charge in [-0.15, -0.1) is 10.2 Å². The van der Waals surface area contributed by atoms with Gasteiger partial charge in [0.25, 0.3) is 0 Å². The van der Waals surface area contributed by atoms with Gasteiger partial charge in [-0.3, -0.25) is 0 Å². The van der Waals surface area contributed by atoms with Crippen LogP contribution in [-0.2, 0) is 4.74 Å². The molecule has 28 heavy (non-hydrogen) atoms. The number of carbonyl (C=O) groups is 1. The average Bonchev–Trinajstić information content (AvgIpc) is 3.32. The first kappa shape index (κ1) is 20.3. The van der Waals surface area contributed by atoms with Gasteiger partial charge in [0.15, 0.2) is 0 Å². The Morgan fingerprint density at radius 2 is 2.07 bits per heavy atom. The van der Waals surface area contributed by atoms with Gasteiger partial charge in [-0.05, 0) is 32.6 Å². The largest absolute Gasteiger partial charge is 0.420 e. The minimum atomic E-state index is -0.0508. The molecule has 1 aromatic carbocycles. The quantitative estimate of drug-likeness (QED) is 0.698. The molecule has 2 aromatic rings. The van der Waals surface area contributed by atoms with Crippen LogP contribution in [0, 0.1) is 5.92 Å². The molecule has 8 heteroatoms. The lowest BCUT2D eigenvalue weighted by molar-refractivity contribution is 0.188. The maximum atomic E-state index is 12.5. The second-order valence-corrected chi connectivity index (χ2v) is 7.42. The van der Waals surface area contributed by atoms with Crippen molar-refractivity contribution in [3.63, 3.8) is 0 Å². The molecule has 0 saturated carbocycles. The zero-order valence-electron chi connectivity index (χ0n) is 16.8. The van der Waals surface area contributed by atoms with Gasteiger partial charge in [-0.1, -0.05) is 18.2 Å². The standard InChI is InChI=1S/C20H29N5O3/c1-24(2)12-16-13-25(20(26)21-10-7-11-27-3)14-17(16)19-23-22-18(28-19)15-8-5-4-6-9-15/h4-6,8-9,16-17H,7,10-14H2,1-3H3,(H,21,26)/t16-,17-/m0/s1. The zero-order valence-corrected chi connectivity index (χ0v) is 16.8. The number of carbonyl (C=O) groups excluding carboxylic acids is 1. The predicted molar refractivity (Wildman–Crippen MR) is 106 cm³/mol. The molecular weight excluding hydrogens is 358 g/mol. The molecule has 1 aromatic heterocycles. The molecule has 2 atom stereocenters. The normalized spacial score (nSPS) is 19.4. The van der Waals surface area contributed by atoms with Crippen LogP contribution in [-0.4, -0.2) is 80.0 Å². The first-order chi connectivity index (χ1) is 13.6. The van der Waals surface area contributed by atoms with Crippen molar-refractivity contribution in [2.75, 3.05) is 54.0 Å². The van der Waals surface area contributed by atoms with Gasteiger partial charge in [-0.25, -0.2) is 4.79 Å². The third-order valence-electron chi connectivity index (χ3n) is 4.91. The Balaban J connectivity index is 1.69. The van der Waals surface area contributed by atoms with Crippen LogP contribution in [0.15, 0.2) is 34.7 Å². The van der Waals surface area contributed by atoms with Crippen LogP contribution >= 0.6 is 0 Å². The van der Waals surface area contributed by atoms with E-state index in [-0.39, 0.29) is 17.9 Å². The molecule has 0 aliphatic carbocycles. The summed E-state index contributed by atoms with van der Waals surface area (Å²) in [6.45, 7) is 3.33. The number of nitrogens with zero attached hydrogens (tertiary/aromatic N) is 4. The number of benzene rings is 1. The van der Waals surface area contributed by atoms with E-state index in [1.54, 1.807) is 7.11 Å². The summed E-state index contributed by atoms with van der Waals surface area (Å²) in [6.07, 6.45) is 0.796. The van der Waals surface area contributed by atoms with Crippen LogP contribution in [0.25, 0.3) is 11.5 Å². The third-order valence-corrected chi connectivity index (χ3v) is 4.91. The lowest BCUT2D eigenvalue weighted by atomic mass is 9.95. The average molecular weight is 387 g/mol. The minimum absolute atomic E-state index is 0.0251. The number of aromatic nitrogens is 2. The monoisotopic (exact) mass is 387 g/mol. The summed E-state index contributed by atoms with van der Waals surface area (Å²) in [5.41, 5.74) is 0.899. The number of nitrogens with one attached hydrogen (secondary N) is 1. The lowest BCUT2D eigenvalue weighted by Gasteiger charge is -2.19. The number of likely N-dealkylation sites (tertiary alicyclic amines) is 1. The van der Waals surface area contributed by atoms with E-state index in [2.05, 4.69) is 20.4 Å². The van der Waals surface area contributed by atoms with Gasteiger partial charge < -0.3 is 24.3 Å². The molecule has 1 saturated heterocycles. The van der Waals surface area contributed by atoms with Gasteiger partial charge in [0, 0.05) is 51.4 Å².